The van der Waals surface area contributed by atoms with Gasteiger partial charge in [0.15, 0.2) is 0 Å². The highest BCUT2D eigenvalue weighted by Crippen LogP contribution is 2.46. The average molecular weight is 384 g/mol. The standard InChI is InChI=1S/C25H24N2O2/c1-28-20-12-8-17(9-13-20)23-25(19-10-14-21(29-2)15-11-19)27-16-4-6-18-5-3-7-22(26-23)24(18)27/h3,5,7-15,25H,4,6,16H2,1-2H3. The number of hydrogen-bond donors (Lipinski definition) is 0. The van der Waals surface area contributed by atoms with E-state index in [0.717, 1.165) is 47.8 Å². The normalized spacial score (nSPS) is 17.4. The van der Waals surface area contributed by atoms with E-state index >= 15 is 0 Å². The maximum atomic E-state index is 5.38. The SMILES string of the molecule is COc1ccc(C2=Nc3cccc4c3N(CCC4)C2c2ccc(OC)cc2)cc1. The van der Waals surface area contributed by atoms with E-state index in [2.05, 4.69) is 47.4 Å². The van der Waals surface area contributed by atoms with Crippen LogP contribution in [0.4, 0.5) is 11.4 Å². The first-order valence-electron chi connectivity index (χ1n) is 10.0. The van der Waals surface area contributed by atoms with Crippen LogP contribution >= 0.6 is 0 Å². The lowest BCUT2D eigenvalue weighted by Crippen LogP contribution is -2.40. The molecule has 0 aliphatic carbocycles. The summed E-state index contributed by atoms with van der Waals surface area (Å²) < 4.78 is 10.7. The number of benzene rings is 3. The summed E-state index contributed by atoms with van der Waals surface area (Å²) in [6, 6.07) is 23.2. The highest BCUT2D eigenvalue weighted by Gasteiger charge is 2.35. The molecule has 29 heavy (non-hydrogen) atoms. The predicted octanol–water partition coefficient (Wildman–Crippen LogP) is 5.33. The number of para-hydroxylation sites is 1. The highest BCUT2D eigenvalue weighted by atomic mass is 16.5. The van der Waals surface area contributed by atoms with Gasteiger partial charge in [0.05, 0.1) is 37.3 Å². The largest absolute Gasteiger partial charge is 0.497 e. The van der Waals surface area contributed by atoms with E-state index in [0.29, 0.717) is 0 Å². The monoisotopic (exact) mass is 384 g/mol. The van der Waals surface area contributed by atoms with Gasteiger partial charge in [0.2, 0.25) is 0 Å². The van der Waals surface area contributed by atoms with Gasteiger partial charge in [0.1, 0.15) is 11.5 Å². The van der Waals surface area contributed by atoms with Crippen molar-refractivity contribution in [1.82, 2.24) is 0 Å². The first-order chi connectivity index (χ1) is 14.3. The Hall–Kier alpha value is -3.27. The topological polar surface area (TPSA) is 34.1 Å². The molecule has 0 amide bonds. The minimum Gasteiger partial charge on any atom is -0.497 e. The molecule has 0 saturated heterocycles. The zero-order valence-corrected chi connectivity index (χ0v) is 16.8. The molecule has 1 unspecified atom stereocenters. The van der Waals surface area contributed by atoms with E-state index in [1.165, 1.54) is 16.8 Å². The Kier molecular flexibility index (Phi) is 4.47. The second kappa shape index (κ2) is 7.28. The van der Waals surface area contributed by atoms with Crippen LogP contribution in [-0.4, -0.2) is 26.5 Å². The quantitative estimate of drug-likeness (QED) is 0.609. The number of aryl methyl sites for hydroxylation is 1. The molecule has 1 atom stereocenters. The lowest BCUT2D eigenvalue weighted by atomic mass is 9.88. The molecule has 0 N–H and O–H groups in total. The summed E-state index contributed by atoms with van der Waals surface area (Å²) in [6.07, 6.45) is 2.27. The first-order valence-corrected chi connectivity index (χ1v) is 10.0. The van der Waals surface area contributed by atoms with Crippen LogP contribution in [0.1, 0.15) is 29.2 Å². The number of ether oxygens (including phenoxy) is 2. The maximum Gasteiger partial charge on any atom is 0.118 e. The number of hydrogen-bond acceptors (Lipinski definition) is 4. The third-order valence-electron chi connectivity index (χ3n) is 5.86. The van der Waals surface area contributed by atoms with Gasteiger partial charge < -0.3 is 14.4 Å². The van der Waals surface area contributed by atoms with Gasteiger partial charge in [-0.15, -0.1) is 0 Å². The molecular weight excluding hydrogens is 360 g/mol. The summed E-state index contributed by atoms with van der Waals surface area (Å²) in [7, 11) is 3.39. The molecule has 2 aliphatic heterocycles. The third kappa shape index (κ3) is 3.05. The Labute approximate surface area is 171 Å². The summed E-state index contributed by atoms with van der Waals surface area (Å²) in [5, 5.41) is 0. The van der Waals surface area contributed by atoms with Gasteiger partial charge in [-0.2, -0.15) is 0 Å². The lowest BCUT2D eigenvalue weighted by Gasteiger charge is -2.42. The van der Waals surface area contributed by atoms with E-state index in [-0.39, 0.29) is 6.04 Å². The Balaban J connectivity index is 1.69. The molecule has 0 bridgehead atoms. The Bertz CT molecular complexity index is 1060. The summed E-state index contributed by atoms with van der Waals surface area (Å²) in [5.41, 5.74) is 7.17. The Morgan fingerprint density at radius 3 is 2.24 bits per heavy atom. The first kappa shape index (κ1) is 17.8. The van der Waals surface area contributed by atoms with Crippen LogP contribution in [0, 0.1) is 0 Å². The summed E-state index contributed by atoms with van der Waals surface area (Å²) in [5.74, 6) is 1.72. The van der Waals surface area contributed by atoms with Crippen LogP contribution in [-0.2, 0) is 6.42 Å². The Morgan fingerprint density at radius 1 is 0.862 bits per heavy atom. The van der Waals surface area contributed by atoms with Gasteiger partial charge in [-0.25, -0.2) is 4.99 Å². The fourth-order valence-electron chi connectivity index (χ4n) is 4.46. The molecule has 4 heteroatoms. The predicted molar refractivity (Wildman–Crippen MR) is 117 cm³/mol. The molecule has 2 aliphatic rings. The number of nitrogens with zero attached hydrogens (tertiary/aromatic N) is 2. The van der Waals surface area contributed by atoms with Gasteiger partial charge in [-0.1, -0.05) is 24.3 Å². The molecule has 4 nitrogen and oxygen atoms in total. The molecule has 0 aromatic heterocycles. The van der Waals surface area contributed by atoms with Crippen molar-refractivity contribution in [3.63, 3.8) is 0 Å². The van der Waals surface area contributed by atoms with E-state index < -0.39 is 0 Å². The van der Waals surface area contributed by atoms with Gasteiger partial charge in [0.25, 0.3) is 0 Å². The van der Waals surface area contributed by atoms with E-state index in [9.17, 15) is 0 Å². The number of methoxy groups -OCH3 is 2. The van der Waals surface area contributed by atoms with Crippen LogP contribution in [0.5, 0.6) is 11.5 Å². The van der Waals surface area contributed by atoms with E-state index in [1.54, 1.807) is 14.2 Å². The highest BCUT2D eigenvalue weighted by molar-refractivity contribution is 6.10. The third-order valence-corrected chi connectivity index (χ3v) is 5.86. The average Bonchev–Trinajstić information content (AvgIpc) is 2.79. The fourth-order valence-corrected chi connectivity index (χ4v) is 4.46. The minimum absolute atomic E-state index is 0.0725. The number of aliphatic imine (C=N–C) groups is 1. The van der Waals surface area contributed by atoms with Crippen molar-refractivity contribution in [3.05, 3.63) is 83.4 Å². The minimum atomic E-state index is 0.0725. The van der Waals surface area contributed by atoms with Crippen LogP contribution in [0.2, 0.25) is 0 Å². The second-order valence-electron chi connectivity index (χ2n) is 7.48. The van der Waals surface area contributed by atoms with Crippen molar-refractivity contribution in [2.24, 2.45) is 4.99 Å². The van der Waals surface area contributed by atoms with E-state index in [1.807, 2.05) is 24.3 Å². The number of rotatable bonds is 4. The molecule has 146 valence electrons. The van der Waals surface area contributed by atoms with Crippen LogP contribution in [0.15, 0.2) is 71.7 Å². The van der Waals surface area contributed by atoms with Gasteiger partial charge in [-0.3, -0.25) is 0 Å². The molecule has 0 saturated carbocycles. The van der Waals surface area contributed by atoms with Crippen molar-refractivity contribution < 1.29 is 9.47 Å². The van der Waals surface area contributed by atoms with Crippen molar-refractivity contribution in [2.75, 3.05) is 25.7 Å². The van der Waals surface area contributed by atoms with Gasteiger partial charge in [-0.05, 0) is 72.0 Å². The molecule has 0 radical (unpaired) electrons. The van der Waals surface area contributed by atoms with Gasteiger partial charge in [0, 0.05) is 6.54 Å². The zero-order valence-electron chi connectivity index (χ0n) is 16.8. The molecule has 0 spiro atoms. The van der Waals surface area contributed by atoms with Crippen LogP contribution < -0.4 is 14.4 Å². The molecule has 3 aromatic rings. The van der Waals surface area contributed by atoms with Crippen molar-refractivity contribution in [2.45, 2.75) is 18.9 Å². The second-order valence-corrected chi connectivity index (χ2v) is 7.48. The maximum absolute atomic E-state index is 5.38. The molecular formula is C25H24N2O2. The summed E-state index contributed by atoms with van der Waals surface area (Å²) in [4.78, 5) is 7.70. The smallest absolute Gasteiger partial charge is 0.118 e. The number of anilines is 1. The van der Waals surface area contributed by atoms with Gasteiger partial charge >= 0.3 is 0 Å². The van der Waals surface area contributed by atoms with Crippen molar-refractivity contribution in [3.8, 4) is 11.5 Å². The fraction of sp³-hybridized carbons (Fsp3) is 0.240. The molecule has 2 heterocycles. The summed E-state index contributed by atoms with van der Waals surface area (Å²) >= 11 is 0. The van der Waals surface area contributed by atoms with E-state index in [4.69, 9.17) is 14.5 Å². The zero-order chi connectivity index (χ0) is 19.8. The summed E-state index contributed by atoms with van der Waals surface area (Å²) in [6.45, 7) is 1.02. The van der Waals surface area contributed by atoms with Crippen LogP contribution in [0.25, 0.3) is 0 Å². The molecule has 0 fully saturated rings. The lowest BCUT2D eigenvalue weighted by molar-refractivity contribution is 0.414. The Morgan fingerprint density at radius 2 is 1.55 bits per heavy atom. The van der Waals surface area contributed by atoms with Crippen molar-refractivity contribution in [1.29, 1.82) is 0 Å². The molecule has 5 rings (SSSR count). The van der Waals surface area contributed by atoms with Crippen LogP contribution in [0.3, 0.4) is 0 Å². The molecule has 3 aromatic carbocycles. The van der Waals surface area contributed by atoms with Crippen molar-refractivity contribution >= 4 is 17.1 Å².